The molecule has 0 fully saturated rings. The first-order valence-electron chi connectivity index (χ1n) is 8.94. The van der Waals surface area contributed by atoms with Crippen LogP contribution in [-0.4, -0.2) is 11.7 Å². The topological polar surface area (TPSA) is 61.2 Å². The van der Waals surface area contributed by atoms with Gasteiger partial charge in [0.15, 0.2) is 5.78 Å². The van der Waals surface area contributed by atoms with Crippen LogP contribution in [0.4, 0.5) is 10.1 Å². The van der Waals surface area contributed by atoms with Crippen LogP contribution in [-0.2, 0) is 9.59 Å². The van der Waals surface area contributed by atoms with E-state index in [9.17, 15) is 19.2 Å². The average molecular weight is 360 g/mol. The summed E-state index contributed by atoms with van der Waals surface area (Å²) in [6.07, 6.45) is 1.74. The first-order chi connectivity index (χ1) is 13.1. The molecule has 0 saturated heterocycles. The molecule has 2 aliphatic rings. The van der Waals surface area contributed by atoms with Crippen molar-refractivity contribution in [3.8, 4) is 6.07 Å². The van der Waals surface area contributed by atoms with Gasteiger partial charge < -0.3 is 0 Å². The number of nitrogens with zero attached hydrogens (tertiary/aromatic N) is 2. The second kappa shape index (κ2) is 6.81. The van der Waals surface area contributed by atoms with Crippen LogP contribution in [0.15, 0.2) is 59.8 Å². The number of rotatable bonds is 2. The zero-order valence-corrected chi connectivity index (χ0v) is 14.6. The smallest absolute Gasteiger partial charge is 0.232 e. The number of amides is 1. The second-order valence-electron chi connectivity index (χ2n) is 6.81. The highest BCUT2D eigenvalue weighted by atomic mass is 19.1. The highest BCUT2D eigenvalue weighted by Crippen LogP contribution is 2.43. The summed E-state index contributed by atoms with van der Waals surface area (Å²) in [7, 11) is 0. The molecule has 2 aromatic rings. The first-order valence-corrected chi connectivity index (χ1v) is 8.94. The second-order valence-corrected chi connectivity index (χ2v) is 6.81. The third kappa shape index (κ3) is 2.93. The summed E-state index contributed by atoms with van der Waals surface area (Å²) < 4.78 is 13.7. The van der Waals surface area contributed by atoms with Crippen LogP contribution >= 0.6 is 0 Å². The van der Waals surface area contributed by atoms with Crippen molar-refractivity contribution >= 4 is 17.4 Å². The number of nitriles is 1. The molecule has 0 bridgehead atoms. The number of Topliss-reactive ketones (excluding diaryl/α,β-unsaturated/α-hetero) is 1. The maximum Gasteiger partial charge on any atom is 0.232 e. The summed E-state index contributed by atoms with van der Waals surface area (Å²) in [5.74, 6) is -1.01. The summed E-state index contributed by atoms with van der Waals surface area (Å²) in [5.41, 5.74) is 2.77. The minimum atomic E-state index is -0.443. The van der Waals surface area contributed by atoms with E-state index in [1.165, 1.54) is 17.0 Å². The van der Waals surface area contributed by atoms with Crippen molar-refractivity contribution in [3.05, 3.63) is 76.7 Å². The van der Waals surface area contributed by atoms with Gasteiger partial charge in [-0.15, -0.1) is 0 Å². The normalized spacial score (nSPS) is 19.7. The molecule has 134 valence electrons. The molecule has 0 N–H and O–H groups in total. The van der Waals surface area contributed by atoms with Crippen LogP contribution < -0.4 is 4.90 Å². The number of carbonyl (C=O) groups is 2. The number of carbonyl (C=O) groups excluding carboxylic acids is 2. The van der Waals surface area contributed by atoms with Gasteiger partial charge in [0.05, 0.1) is 11.3 Å². The molecule has 1 aliphatic carbocycles. The highest BCUT2D eigenvalue weighted by Gasteiger charge is 2.40. The van der Waals surface area contributed by atoms with Crippen LogP contribution in [0.5, 0.6) is 0 Å². The minimum absolute atomic E-state index is 0.00236. The van der Waals surface area contributed by atoms with E-state index >= 15 is 0 Å². The van der Waals surface area contributed by atoms with Crippen LogP contribution in [0, 0.1) is 17.1 Å². The summed E-state index contributed by atoms with van der Waals surface area (Å²) in [4.78, 5) is 27.4. The molecule has 4 rings (SSSR count). The van der Waals surface area contributed by atoms with Gasteiger partial charge in [-0.25, -0.2) is 4.39 Å². The molecule has 4 nitrogen and oxygen atoms in total. The molecule has 1 heterocycles. The Balaban J connectivity index is 1.90. The molecule has 1 atom stereocenters. The number of allylic oxidation sites excluding steroid dienone is 2. The first kappa shape index (κ1) is 17.2. The monoisotopic (exact) mass is 360 g/mol. The SMILES string of the molecule is N#Cc1ccccc1N1C(=O)CC(c2cccc(F)c2)C2=C1CCCC2=O. The number of ketones is 1. The van der Waals surface area contributed by atoms with E-state index < -0.39 is 5.92 Å². The highest BCUT2D eigenvalue weighted by molar-refractivity contribution is 6.08. The fraction of sp³-hybridized carbons (Fsp3) is 0.227. The zero-order valence-electron chi connectivity index (χ0n) is 14.6. The largest absolute Gasteiger partial charge is 0.294 e. The fourth-order valence-corrected chi connectivity index (χ4v) is 4.04. The van der Waals surface area contributed by atoms with E-state index in [1.54, 1.807) is 36.4 Å². The Hall–Kier alpha value is -3.26. The average Bonchev–Trinajstić information content (AvgIpc) is 2.67. The molecule has 1 unspecified atom stereocenters. The Bertz CT molecular complexity index is 1020. The molecule has 0 radical (unpaired) electrons. The van der Waals surface area contributed by atoms with Gasteiger partial charge in [0.2, 0.25) is 5.91 Å². The standard InChI is InChI=1S/C22H17FN2O2/c23-16-7-3-6-14(11-16)17-12-21(27)25(18-8-2-1-5-15(18)13-24)19-9-4-10-20(26)22(17)19/h1-3,5-8,11,17H,4,9-10,12H2. The van der Waals surface area contributed by atoms with E-state index in [-0.39, 0.29) is 23.9 Å². The van der Waals surface area contributed by atoms with Crippen molar-refractivity contribution in [2.45, 2.75) is 31.6 Å². The molecule has 1 amide bonds. The Labute approximate surface area is 156 Å². The predicted molar refractivity (Wildman–Crippen MR) is 98.3 cm³/mol. The zero-order chi connectivity index (χ0) is 19.0. The lowest BCUT2D eigenvalue weighted by molar-refractivity contribution is -0.119. The molecule has 2 aromatic carbocycles. The summed E-state index contributed by atoms with van der Waals surface area (Å²) in [6.45, 7) is 0. The lowest BCUT2D eigenvalue weighted by atomic mass is 9.77. The number of anilines is 1. The van der Waals surface area contributed by atoms with Gasteiger partial charge in [0.1, 0.15) is 11.9 Å². The molecule has 0 spiro atoms. The number of para-hydroxylation sites is 1. The molecular formula is C22H17FN2O2. The van der Waals surface area contributed by atoms with Gasteiger partial charge in [-0.3, -0.25) is 14.5 Å². The van der Waals surface area contributed by atoms with E-state index in [0.717, 1.165) is 0 Å². The Morgan fingerprint density at radius 3 is 2.67 bits per heavy atom. The summed E-state index contributed by atoms with van der Waals surface area (Å²) >= 11 is 0. The number of hydrogen-bond acceptors (Lipinski definition) is 3. The fourth-order valence-electron chi connectivity index (χ4n) is 4.04. The van der Waals surface area contributed by atoms with Crippen molar-refractivity contribution in [3.63, 3.8) is 0 Å². The maximum atomic E-state index is 13.7. The molecule has 27 heavy (non-hydrogen) atoms. The van der Waals surface area contributed by atoms with E-state index in [4.69, 9.17) is 0 Å². The molecule has 0 aromatic heterocycles. The van der Waals surface area contributed by atoms with E-state index in [2.05, 4.69) is 6.07 Å². The Kier molecular flexibility index (Phi) is 4.33. The van der Waals surface area contributed by atoms with Gasteiger partial charge in [-0.1, -0.05) is 24.3 Å². The number of benzene rings is 2. The Morgan fingerprint density at radius 1 is 1.07 bits per heavy atom. The third-order valence-electron chi connectivity index (χ3n) is 5.19. The minimum Gasteiger partial charge on any atom is -0.294 e. The number of hydrogen-bond donors (Lipinski definition) is 0. The summed E-state index contributed by atoms with van der Waals surface area (Å²) in [6, 6.07) is 15.1. The predicted octanol–water partition coefficient (Wildman–Crippen LogP) is 4.22. The van der Waals surface area contributed by atoms with Crippen molar-refractivity contribution in [1.82, 2.24) is 0 Å². The van der Waals surface area contributed by atoms with Crippen molar-refractivity contribution in [1.29, 1.82) is 5.26 Å². The summed E-state index contributed by atoms with van der Waals surface area (Å²) in [5, 5.41) is 9.43. The number of halogens is 1. The third-order valence-corrected chi connectivity index (χ3v) is 5.19. The van der Waals surface area contributed by atoms with Crippen molar-refractivity contribution in [2.75, 3.05) is 4.90 Å². The van der Waals surface area contributed by atoms with Crippen LogP contribution in [0.2, 0.25) is 0 Å². The molecule has 1 aliphatic heterocycles. The lowest BCUT2D eigenvalue weighted by Gasteiger charge is -2.38. The van der Waals surface area contributed by atoms with Gasteiger partial charge in [0.25, 0.3) is 0 Å². The van der Waals surface area contributed by atoms with Gasteiger partial charge >= 0.3 is 0 Å². The molecule has 5 heteroatoms. The van der Waals surface area contributed by atoms with Gasteiger partial charge in [-0.05, 0) is 42.7 Å². The van der Waals surface area contributed by atoms with E-state index in [0.29, 0.717) is 47.3 Å². The van der Waals surface area contributed by atoms with Crippen molar-refractivity contribution in [2.24, 2.45) is 0 Å². The van der Waals surface area contributed by atoms with Gasteiger partial charge in [-0.2, -0.15) is 5.26 Å². The lowest BCUT2D eigenvalue weighted by Crippen LogP contribution is -2.40. The Morgan fingerprint density at radius 2 is 1.89 bits per heavy atom. The molecule has 0 saturated carbocycles. The van der Waals surface area contributed by atoms with Gasteiger partial charge in [0, 0.05) is 30.0 Å². The molecular weight excluding hydrogens is 343 g/mol. The van der Waals surface area contributed by atoms with Crippen LogP contribution in [0.1, 0.15) is 42.7 Å². The maximum absolute atomic E-state index is 13.7. The quantitative estimate of drug-likeness (QED) is 0.805. The van der Waals surface area contributed by atoms with Crippen molar-refractivity contribution < 1.29 is 14.0 Å². The van der Waals surface area contributed by atoms with Crippen LogP contribution in [0.25, 0.3) is 0 Å². The van der Waals surface area contributed by atoms with Crippen LogP contribution in [0.3, 0.4) is 0 Å². The van der Waals surface area contributed by atoms with E-state index in [1.807, 2.05) is 0 Å².